The molecule has 3 aromatic carbocycles. The van der Waals surface area contributed by atoms with E-state index in [0.29, 0.717) is 41.6 Å². The molecule has 3 aromatic rings. The fourth-order valence-electron chi connectivity index (χ4n) is 5.45. The van der Waals surface area contributed by atoms with E-state index in [-0.39, 0.29) is 5.78 Å². The molecule has 1 aliphatic rings. The van der Waals surface area contributed by atoms with Crippen molar-refractivity contribution < 1.29 is 33.3 Å². The number of rotatable bonds is 16. The van der Waals surface area contributed by atoms with Crippen LogP contribution in [0.2, 0.25) is 0 Å². The molecular weight excluding hydrogens is 572 g/mol. The Hall–Kier alpha value is -4.50. The Labute approximate surface area is 266 Å². The fraction of sp³-hybridized carbons (Fsp3) is 0.389. The minimum Gasteiger partial charge on any atom is -0.494 e. The second kappa shape index (κ2) is 16.5. The van der Waals surface area contributed by atoms with Gasteiger partial charge in [0.15, 0.2) is 17.3 Å². The Bertz CT molecular complexity index is 1480. The van der Waals surface area contributed by atoms with Gasteiger partial charge in [-0.1, -0.05) is 31.4 Å². The van der Waals surface area contributed by atoms with E-state index in [2.05, 4.69) is 17.3 Å². The van der Waals surface area contributed by atoms with E-state index in [1.807, 2.05) is 54.6 Å². The molecule has 4 rings (SSSR count). The number of ether oxygens (including phenoxy) is 5. The third kappa shape index (κ3) is 9.25. The van der Waals surface area contributed by atoms with Crippen LogP contribution in [0.25, 0.3) is 6.08 Å². The number of ketones is 1. The van der Waals surface area contributed by atoms with Gasteiger partial charge >= 0.3 is 6.09 Å². The highest BCUT2D eigenvalue weighted by Crippen LogP contribution is 2.39. The van der Waals surface area contributed by atoms with Crippen LogP contribution in [0.15, 0.2) is 60.2 Å². The van der Waals surface area contributed by atoms with Crippen molar-refractivity contribution in [1.29, 1.82) is 0 Å². The van der Waals surface area contributed by atoms with Crippen LogP contribution in [0.5, 0.6) is 28.7 Å². The molecule has 1 N–H and O–H groups in total. The predicted octanol–water partition coefficient (Wildman–Crippen LogP) is 6.71. The largest absolute Gasteiger partial charge is 0.494 e. The lowest BCUT2D eigenvalue weighted by Crippen LogP contribution is -2.22. The van der Waals surface area contributed by atoms with Gasteiger partial charge in [0.05, 0.1) is 27.9 Å². The number of methoxy groups -OCH3 is 3. The highest BCUT2D eigenvalue weighted by atomic mass is 16.6. The van der Waals surface area contributed by atoms with Gasteiger partial charge < -0.3 is 33.9 Å². The Morgan fingerprint density at radius 3 is 2.33 bits per heavy atom. The monoisotopic (exact) mass is 616 g/mol. The summed E-state index contributed by atoms with van der Waals surface area (Å²) in [5.74, 6) is 2.97. The molecule has 0 heterocycles. The Morgan fingerprint density at radius 2 is 1.62 bits per heavy atom. The summed E-state index contributed by atoms with van der Waals surface area (Å²) in [6.07, 6.45) is 7.48. The highest BCUT2D eigenvalue weighted by Gasteiger charge is 2.25. The molecule has 9 nitrogen and oxygen atoms in total. The number of fused-ring (bicyclic) bond motifs is 1. The summed E-state index contributed by atoms with van der Waals surface area (Å²) in [7, 11) is 8.36. The van der Waals surface area contributed by atoms with Crippen LogP contribution in [-0.2, 0) is 13.0 Å². The van der Waals surface area contributed by atoms with Crippen LogP contribution in [0.3, 0.4) is 0 Å². The maximum absolute atomic E-state index is 13.1. The zero-order valence-corrected chi connectivity index (χ0v) is 26.9. The van der Waals surface area contributed by atoms with Crippen molar-refractivity contribution in [3.63, 3.8) is 0 Å². The van der Waals surface area contributed by atoms with E-state index < -0.39 is 6.09 Å². The minimum absolute atomic E-state index is 0.0273. The molecule has 9 heteroatoms. The van der Waals surface area contributed by atoms with Crippen molar-refractivity contribution in [2.24, 2.45) is 0 Å². The molecule has 0 spiro atoms. The van der Waals surface area contributed by atoms with Crippen molar-refractivity contribution >= 4 is 18.0 Å². The normalized spacial score (nSPS) is 13.1. The van der Waals surface area contributed by atoms with E-state index in [9.17, 15) is 9.59 Å². The number of unbranched alkanes of at least 4 members (excludes halogenated alkanes) is 4. The first-order valence-corrected chi connectivity index (χ1v) is 15.3. The lowest BCUT2D eigenvalue weighted by atomic mass is 10.1. The molecule has 0 aliphatic heterocycles. The third-order valence-corrected chi connectivity index (χ3v) is 7.74. The smallest absolute Gasteiger partial charge is 0.412 e. The zero-order valence-electron chi connectivity index (χ0n) is 26.9. The van der Waals surface area contributed by atoms with Gasteiger partial charge in [-0.2, -0.15) is 0 Å². The highest BCUT2D eigenvalue weighted by molar-refractivity contribution is 6.15. The Kier molecular flexibility index (Phi) is 12.3. The van der Waals surface area contributed by atoms with Crippen molar-refractivity contribution in [1.82, 2.24) is 10.2 Å². The van der Waals surface area contributed by atoms with E-state index in [0.717, 1.165) is 73.2 Å². The number of allylic oxidation sites excluding steroid dienone is 1. The van der Waals surface area contributed by atoms with Gasteiger partial charge in [-0.15, -0.1) is 0 Å². The van der Waals surface area contributed by atoms with Crippen LogP contribution >= 0.6 is 0 Å². The second-order valence-corrected chi connectivity index (χ2v) is 11.1. The van der Waals surface area contributed by atoms with Gasteiger partial charge in [-0.05, 0) is 91.7 Å². The molecule has 1 aliphatic carbocycles. The Balaban J connectivity index is 1.17. The summed E-state index contributed by atoms with van der Waals surface area (Å²) in [6.45, 7) is 2.45. The molecule has 0 saturated heterocycles. The summed E-state index contributed by atoms with van der Waals surface area (Å²) in [5, 5.41) is 2.46. The van der Waals surface area contributed by atoms with Crippen LogP contribution in [0.4, 0.5) is 4.79 Å². The van der Waals surface area contributed by atoms with Crippen molar-refractivity contribution in [2.45, 2.75) is 45.1 Å². The van der Waals surface area contributed by atoms with Crippen molar-refractivity contribution in [3.8, 4) is 28.7 Å². The fourth-order valence-corrected chi connectivity index (χ4v) is 5.45. The van der Waals surface area contributed by atoms with Gasteiger partial charge in [0.25, 0.3) is 0 Å². The molecule has 0 fully saturated rings. The molecule has 1 amide bonds. The molecule has 0 aromatic heterocycles. The lowest BCUT2D eigenvalue weighted by Gasteiger charge is -2.17. The maximum atomic E-state index is 13.1. The van der Waals surface area contributed by atoms with Crippen LogP contribution < -0.4 is 29.0 Å². The molecule has 0 saturated carbocycles. The molecular formula is C36H44N2O7. The van der Waals surface area contributed by atoms with E-state index in [4.69, 9.17) is 23.7 Å². The van der Waals surface area contributed by atoms with Gasteiger partial charge in [-0.25, -0.2) is 4.79 Å². The number of benzene rings is 3. The average Bonchev–Trinajstić information content (AvgIpc) is 3.35. The summed E-state index contributed by atoms with van der Waals surface area (Å²) < 4.78 is 27.6. The number of hydrogen-bond acceptors (Lipinski definition) is 8. The summed E-state index contributed by atoms with van der Waals surface area (Å²) in [5.41, 5.74) is 4.33. The van der Waals surface area contributed by atoms with Crippen LogP contribution in [0.1, 0.15) is 59.2 Å². The van der Waals surface area contributed by atoms with Crippen LogP contribution in [0, 0.1) is 0 Å². The topological polar surface area (TPSA) is 95.6 Å². The average molecular weight is 617 g/mol. The van der Waals surface area contributed by atoms with Gasteiger partial charge in [0.1, 0.15) is 11.5 Å². The van der Waals surface area contributed by atoms with E-state index in [1.165, 1.54) is 0 Å². The number of nitrogens with one attached hydrogen (secondary N) is 1. The number of carbonyl (C=O) groups is 2. The summed E-state index contributed by atoms with van der Waals surface area (Å²) >= 11 is 0. The SMILES string of the molecule is CNC(=O)Oc1cccc(CN(C)CCCCCCCOc2ccc3c(c2)C/C(=C\c2cc(OC)c(OC)c(OC)c2)C3=O)c1. The van der Waals surface area contributed by atoms with Crippen molar-refractivity contribution in [3.05, 3.63) is 82.4 Å². The van der Waals surface area contributed by atoms with Crippen LogP contribution in [-0.4, -0.2) is 65.4 Å². The summed E-state index contributed by atoms with van der Waals surface area (Å²) in [4.78, 5) is 26.8. The number of Topliss-reactive ketones (excluding diaryl/α,β-unsaturated/α-hetero) is 1. The number of amides is 1. The molecule has 0 atom stereocenters. The second-order valence-electron chi connectivity index (χ2n) is 11.1. The molecule has 240 valence electrons. The standard InChI is InChI=1S/C36H44N2O7/c1-37-36(40)45-30-13-11-12-25(19-30)24-38(2)16-9-7-6-8-10-17-44-29-14-15-31-27(23-29)22-28(34(31)39)18-26-20-32(41-3)35(43-5)33(21-26)42-4/h11-15,18-21,23H,6-10,16-17,22,24H2,1-5H3,(H,37,40)/b28-18+. The molecule has 0 unspecified atom stereocenters. The lowest BCUT2D eigenvalue weighted by molar-refractivity contribution is 0.104. The van der Waals surface area contributed by atoms with Crippen molar-refractivity contribution in [2.75, 3.05) is 48.6 Å². The third-order valence-electron chi connectivity index (χ3n) is 7.74. The molecule has 0 bridgehead atoms. The number of hydrogen-bond donors (Lipinski definition) is 1. The first kappa shape index (κ1) is 33.4. The quantitative estimate of drug-likeness (QED) is 0.140. The predicted molar refractivity (Wildman–Crippen MR) is 175 cm³/mol. The van der Waals surface area contributed by atoms with Gasteiger partial charge in [-0.3, -0.25) is 4.79 Å². The van der Waals surface area contributed by atoms with E-state index in [1.54, 1.807) is 34.4 Å². The minimum atomic E-state index is -0.466. The van der Waals surface area contributed by atoms with Gasteiger partial charge in [0.2, 0.25) is 5.75 Å². The van der Waals surface area contributed by atoms with Gasteiger partial charge in [0, 0.05) is 31.1 Å². The number of carbonyl (C=O) groups excluding carboxylic acids is 2. The summed E-state index contributed by atoms with van der Waals surface area (Å²) in [6, 6.07) is 17.0. The first-order chi connectivity index (χ1) is 21.8. The first-order valence-electron chi connectivity index (χ1n) is 15.3. The maximum Gasteiger partial charge on any atom is 0.412 e. The number of nitrogens with zero attached hydrogens (tertiary/aromatic N) is 1. The Morgan fingerprint density at radius 1 is 0.889 bits per heavy atom. The zero-order chi connectivity index (χ0) is 32.2. The molecule has 45 heavy (non-hydrogen) atoms. The molecule has 0 radical (unpaired) electrons. The van der Waals surface area contributed by atoms with E-state index >= 15 is 0 Å².